The Morgan fingerprint density at radius 2 is 1.23 bits per heavy atom. The minimum Gasteiger partial charge on any atom is -0.351 e. The van der Waals surface area contributed by atoms with Crippen LogP contribution in [0.5, 0.6) is 0 Å². The number of urea groups is 2. The Labute approximate surface area is 338 Å². The first-order valence-electron chi connectivity index (χ1n) is 17.6. The average molecular weight is 842 g/mol. The van der Waals surface area contributed by atoms with Crippen LogP contribution in [0.15, 0.2) is 48.5 Å². The second-order valence-electron chi connectivity index (χ2n) is 13.4. The summed E-state index contributed by atoms with van der Waals surface area (Å²) in [4.78, 5) is 41.8. The number of carbonyl (C=O) groups excluding carboxylic acids is 2. The minimum atomic E-state index is -0.320. The molecule has 0 bridgehead atoms. The number of carbonyl (C=O) groups is 2. The number of benzene rings is 2. The van der Waals surface area contributed by atoms with Crippen molar-refractivity contribution in [2.24, 2.45) is 0 Å². The molecule has 2 saturated heterocycles. The van der Waals surface area contributed by atoms with Crippen LogP contribution in [0.25, 0.3) is 20.4 Å². The maximum absolute atomic E-state index is 13.3. The summed E-state index contributed by atoms with van der Waals surface area (Å²) in [5.74, 6) is 0.894. The molecule has 0 unspecified atom stereocenters. The first kappa shape index (κ1) is 39.2. The third-order valence-electron chi connectivity index (χ3n) is 9.37. The molecule has 2 aliphatic rings. The topological polar surface area (TPSA) is 148 Å². The lowest BCUT2D eigenvalue weighted by Gasteiger charge is -2.40. The average Bonchev–Trinajstić information content (AvgIpc) is 3.74. The van der Waals surface area contributed by atoms with Gasteiger partial charge in [-0.2, -0.15) is 0 Å². The van der Waals surface area contributed by atoms with E-state index in [1.165, 1.54) is 46.9 Å². The van der Waals surface area contributed by atoms with Crippen molar-refractivity contribution in [3.63, 3.8) is 0 Å². The van der Waals surface area contributed by atoms with Crippen LogP contribution < -0.4 is 20.4 Å². The fraction of sp³-hybridized carbons (Fsp3) is 0.333. The van der Waals surface area contributed by atoms with Crippen LogP contribution in [0.3, 0.4) is 0 Å². The highest BCUT2D eigenvalue weighted by Crippen LogP contribution is 2.29. The summed E-state index contributed by atoms with van der Waals surface area (Å²) in [5, 5.41) is 23.6. The van der Waals surface area contributed by atoms with E-state index in [2.05, 4.69) is 50.8 Å². The van der Waals surface area contributed by atoms with Gasteiger partial charge in [0.25, 0.3) is 0 Å². The molecule has 56 heavy (non-hydrogen) atoms. The summed E-state index contributed by atoms with van der Waals surface area (Å²) in [6.45, 7) is 11.4. The number of nitrogens with one attached hydrogen (secondary N) is 2. The number of nitrogens with zero attached hydrogens (tertiary/aromatic N) is 10. The van der Waals surface area contributed by atoms with Crippen molar-refractivity contribution in [1.29, 1.82) is 0 Å². The van der Waals surface area contributed by atoms with Gasteiger partial charge in [-0.05, 0) is 87.4 Å². The second-order valence-corrected chi connectivity index (χ2v) is 16.3. The number of aromatic nitrogens is 6. The van der Waals surface area contributed by atoms with Crippen LogP contribution in [0, 0.1) is 25.5 Å². The van der Waals surface area contributed by atoms with Crippen LogP contribution in [0.4, 0.5) is 40.3 Å². The fourth-order valence-electron chi connectivity index (χ4n) is 6.52. The quantitative estimate of drug-likeness (QED) is 0.180. The van der Waals surface area contributed by atoms with Crippen molar-refractivity contribution in [3.8, 4) is 0 Å². The Bertz CT molecular complexity index is 2420. The number of aryl methyl sites for hydroxylation is 2. The molecular weight excluding hydrogens is 806 g/mol. The SMILES string of the molecule is Cc1cc(Cl)nnc1N1CCN(C(=O)Nc2nc3ccc(F)cc3s2)[C@H](C)C1.Cc1cc(N2CCN(C(=O)Nc3nc4ccc(F)cc4s3)[C@H](C)C2)nnc1Cl. The van der Waals surface area contributed by atoms with Gasteiger partial charge in [-0.15, -0.1) is 20.4 Å². The lowest BCUT2D eigenvalue weighted by molar-refractivity contribution is 0.184. The molecule has 2 N–H and O–H groups in total. The molecule has 4 amide bonds. The molecule has 0 aliphatic carbocycles. The van der Waals surface area contributed by atoms with E-state index in [0.717, 1.165) is 22.8 Å². The fourth-order valence-corrected chi connectivity index (χ4v) is 8.57. The van der Waals surface area contributed by atoms with Crippen molar-refractivity contribution < 1.29 is 18.4 Å². The summed E-state index contributed by atoms with van der Waals surface area (Å²) in [6, 6.07) is 11.9. The van der Waals surface area contributed by atoms with Crippen LogP contribution in [-0.2, 0) is 0 Å². The molecule has 292 valence electrons. The molecule has 6 heterocycles. The van der Waals surface area contributed by atoms with E-state index >= 15 is 0 Å². The first-order valence-corrected chi connectivity index (χ1v) is 20.0. The maximum atomic E-state index is 13.3. The van der Waals surface area contributed by atoms with Crippen molar-refractivity contribution in [3.05, 3.63) is 81.6 Å². The van der Waals surface area contributed by atoms with Crippen molar-refractivity contribution in [2.45, 2.75) is 39.8 Å². The molecular formula is C36H36Cl2F2N12O2S2. The predicted octanol–water partition coefficient (Wildman–Crippen LogP) is 7.86. The third-order valence-corrected chi connectivity index (χ3v) is 11.8. The molecule has 8 rings (SSSR count). The number of anilines is 4. The third kappa shape index (κ3) is 8.83. The van der Waals surface area contributed by atoms with Gasteiger partial charge >= 0.3 is 12.1 Å². The monoisotopic (exact) mass is 840 g/mol. The summed E-state index contributed by atoms with van der Waals surface area (Å²) in [5.41, 5.74) is 3.14. The van der Waals surface area contributed by atoms with E-state index in [1.54, 1.807) is 28.0 Å². The molecule has 2 aromatic carbocycles. The van der Waals surface area contributed by atoms with Crippen LogP contribution in [-0.4, -0.2) is 104 Å². The zero-order chi connectivity index (χ0) is 39.7. The number of thiazole rings is 2. The van der Waals surface area contributed by atoms with E-state index < -0.39 is 0 Å². The number of piperazine rings is 2. The highest BCUT2D eigenvalue weighted by atomic mass is 35.5. The number of amides is 4. The van der Waals surface area contributed by atoms with E-state index in [0.29, 0.717) is 80.3 Å². The smallest absolute Gasteiger partial charge is 0.324 e. The Balaban J connectivity index is 0.000000172. The Kier molecular flexibility index (Phi) is 11.6. The van der Waals surface area contributed by atoms with Crippen molar-refractivity contribution in [2.75, 3.05) is 59.7 Å². The molecule has 2 atom stereocenters. The van der Waals surface area contributed by atoms with E-state index in [1.807, 2.05) is 33.8 Å². The van der Waals surface area contributed by atoms with Crippen molar-refractivity contribution >= 4 is 100 Å². The van der Waals surface area contributed by atoms with Gasteiger partial charge in [-0.1, -0.05) is 45.9 Å². The lowest BCUT2D eigenvalue weighted by atomic mass is 10.2. The Hall–Kier alpha value is -5.04. The molecule has 6 aromatic rings. The standard InChI is InChI=1S/2C18H18ClFN6OS/c1-10-7-15(23-24-16(10)19)25-5-6-26(11(2)9-25)18(27)22-17-21-13-4-3-12(20)8-14(13)28-17;1-10-7-15(19)23-24-16(10)25-5-6-26(11(2)9-25)18(27)22-17-21-13-4-3-12(20)8-14(13)28-17/h2*3-4,7-8,11H,5-6,9H2,1-2H3,(H,21,22,27)/t2*11-/m11/s1. The number of hydrogen-bond donors (Lipinski definition) is 2. The molecule has 14 nitrogen and oxygen atoms in total. The molecule has 0 saturated carbocycles. The van der Waals surface area contributed by atoms with Gasteiger partial charge in [-0.25, -0.2) is 28.3 Å². The number of hydrogen-bond acceptors (Lipinski definition) is 12. The molecule has 20 heteroatoms. The van der Waals surface area contributed by atoms with Gasteiger partial charge in [0.05, 0.1) is 20.4 Å². The lowest BCUT2D eigenvalue weighted by Crippen LogP contribution is -2.55. The minimum absolute atomic E-state index is 0.0293. The van der Waals surface area contributed by atoms with Gasteiger partial charge in [0.1, 0.15) is 11.6 Å². The second kappa shape index (κ2) is 16.6. The van der Waals surface area contributed by atoms with Crippen LogP contribution in [0.2, 0.25) is 10.3 Å². The van der Waals surface area contributed by atoms with Gasteiger partial charge < -0.3 is 19.6 Å². The highest BCUT2D eigenvalue weighted by Gasteiger charge is 2.31. The zero-order valence-electron chi connectivity index (χ0n) is 30.6. The number of halogens is 4. The molecule has 2 fully saturated rings. The van der Waals surface area contributed by atoms with Gasteiger partial charge in [0, 0.05) is 51.4 Å². The number of rotatable bonds is 4. The highest BCUT2D eigenvalue weighted by molar-refractivity contribution is 7.22. The summed E-state index contributed by atoms with van der Waals surface area (Å²) < 4.78 is 28.1. The maximum Gasteiger partial charge on any atom is 0.324 e. The van der Waals surface area contributed by atoms with E-state index in [4.69, 9.17) is 23.2 Å². The summed E-state index contributed by atoms with van der Waals surface area (Å²) in [7, 11) is 0. The van der Waals surface area contributed by atoms with Crippen molar-refractivity contribution in [1.82, 2.24) is 40.2 Å². The van der Waals surface area contributed by atoms with Gasteiger partial charge in [0.15, 0.2) is 32.2 Å². The number of fused-ring (bicyclic) bond motifs is 2. The first-order chi connectivity index (χ1) is 26.8. The summed E-state index contributed by atoms with van der Waals surface area (Å²) >= 11 is 14.3. The largest absolute Gasteiger partial charge is 0.351 e. The summed E-state index contributed by atoms with van der Waals surface area (Å²) in [6.07, 6.45) is 0. The molecule has 4 aromatic heterocycles. The molecule has 0 radical (unpaired) electrons. The predicted molar refractivity (Wildman–Crippen MR) is 218 cm³/mol. The van der Waals surface area contributed by atoms with Crippen LogP contribution in [0.1, 0.15) is 25.0 Å². The normalized spacial score (nSPS) is 17.2. The van der Waals surface area contributed by atoms with Gasteiger partial charge in [-0.3, -0.25) is 10.6 Å². The Morgan fingerprint density at radius 3 is 1.75 bits per heavy atom. The molecule has 2 aliphatic heterocycles. The van der Waals surface area contributed by atoms with Gasteiger partial charge in [0.2, 0.25) is 0 Å². The van der Waals surface area contributed by atoms with Crippen LogP contribution >= 0.6 is 45.9 Å². The zero-order valence-corrected chi connectivity index (χ0v) is 33.8. The molecule has 0 spiro atoms. The van der Waals surface area contributed by atoms with E-state index in [-0.39, 0.29) is 35.8 Å². The van der Waals surface area contributed by atoms with E-state index in [9.17, 15) is 18.4 Å². The Morgan fingerprint density at radius 1 is 0.696 bits per heavy atom.